The van der Waals surface area contributed by atoms with Crippen molar-refractivity contribution >= 4 is 17.9 Å². The van der Waals surface area contributed by atoms with Crippen LogP contribution in [-0.2, 0) is 9.59 Å². The van der Waals surface area contributed by atoms with Crippen molar-refractivity contribution in [3.8, 4) is 0 Å². The predicted molar refractivity (Wildman–Crippen MR) is 46.6 cm³/mol. The van der Waals surface area contributed by atoms with E-state index < -0.39 is 23.9 Å². The summed E-state index contributed by atoms with van der Waals surface area (Å²) in [5.74, 6) is -1.54. The number of rotatable bonds is 4. The number of urea groups is 1. The number of hydrogen-bond donors (Lipinski definition) is 2. The average Bonchev–Trinajstić information content (AvgIpc) is 2.32. The molecule has 1 aliphatic rings. The number of carbonyl (C=O) groups is 3. The largest absolute Gasteiger partial charge is 0.481 e. The number of hydrogen-bond acceptors (Lipinski definition) is 3. The van der Waals surface area contributed by atoms with E-state index in [-0.39, 0.29) is 6.42 Å². The number of amides is 3. The fraction of sp³-hybridized carbons (Fsp3) is 0.625. The van der Waals surface area contributed by atoms with Gasteiger partial charge in [-0.05, 0) is 6.42 Å². The standard InChI is InChI=1S/C8H12N2O4/c1-2-3-10-7(13)5(4-6(11)12)9-8(10)14/h5H,2-4H2,1H3,(H,9,14)(H,11,12)/t5-/m0/s1. The predicted octanol–water partition coefficient (Wildman–Crippen LogP) is -0.209. The number of carboxylic acid groups (broad SMARTS) is 1. The maximum absolute atomic E-state index is 11.4. The lowest BCUT2D eigenvalue weighted by atomic mass is 10.2. The van der Waals surface area contributed by atoms with Crippen LogP contribution in [0, 0.1) is 0 Å². The zero-order valence-corrected chi connectivity index (χ0v) is 7.82. The van der Waals surface area contributed by atoms with Gasteiger partial charge in [0.05, 0.1) is 6.42 Å². The first-order valence-corrected chi connectivity index (χ1v) is 4.40. The summed E-state index contributed by atoms with van der Waals surface area (Å²) in [5.41, 5.74) is 0. The number of aliphatic carboxylic acids is 1. The minimum atomic E-state index is -1.10. The Morgan fingerprint density at radius 1 is 1.57 bits per heavy atom. The zero-order valence-electron chi connectivity index (χ0n) is 7.82. The third kappa shape index (κ3) is 2.01. The van der Waals surface area contributed by atoms with Gasteiger partial charge in [-0.3, -0.25) is 14.5 Å². The van der Waals surface area contributed by atoms with E-state index in [0.717, 1.165) is 4.90 Å². The second kappa shape index (κ2) is 4.08. The minimum absolute atomic E-state index is 0.334. The van der Waals surface area contributed by atoms with Crippen LogP contribution in [0.2, 0.25) is 0 Å². The Balaban J connectivity index is 2.64. The van der Waals surface area contributed by atoms with Crippen molar-refractivity contribution in [2.75, 3.05) is 6.54 Å². The van der Waals surface area contributed by atoms with Crippen molar-refractivity contribution in [3.05, 3.63) is 0 Å². The molecule has 14 heavy (non-hydrogen) atoms. The first kappa shape index (κ1) is 10.5. The Kier molecular flexibility index (Phi) is 3.06. The average molecular weight is 200 g/mol. The molecule has 0 aliphatic carbocycles. The highest BCUT2D eigenvalue weighted by atomic mass is 16.4. The third-order valence-corrected chi connectivity index (χ3v) is 1.93. The van der Waals surface area contributed by atoms with E-state index in [1.165, 1.54) is 0 Å². The van der Waals surface area contributed by atoms with Crippen LogP contribution in [0.4, 0.5) is 4.79 Å². The minimum Gasteiger partial charge on any atom is -0.481 e. The smallest absolute Gasteiger partial charge is 0.324 e. The van der Waals surface area contributed by atoms with Crippen LogP contribution in [0.5, 0.6) is 0 Å². The Bertz CT molecular complexity index is 277. The number of carbonyl (C=O) groups excluding carboxylic acids is 2. The molecule has 0 aromatic heterocycles. The van der Waals surface area contributed by atoms with E-state index in [1.54, 1.807) is 0 Å². The highest BCUT2D eigenvalue weighted by Crippen LogP contribution is 2.09. The third-order valence-electron chi connectivity index (χ3n) is 1.93. The first-order valence-electron chi connectivity index (χ1n) is 4.40. The second-order valence-electron chi connectivity index (χ2n) is 3.09. The van der Waals surface area contributed by atoms with Gasteiger partial charge in [-0.2, -0.15) is 0 Å². The number of nitrogens with one attached hydrogen (secondary N) is 1. The molecule has 1 heterocycles. The monoisotopic (exact) mass is 200 g/mol. The van der Waals surface area contributed by atoms with Crippen LogP contribution in [0.15, 0.2) is 0 Å². The maximum atomic E-state index is 11.4. The van der Waals surface area contributed by atoms with Crippen molar-refractivity contribution in [3.63, 3.8) is 0 Å². The molecule has 0 aromatic rings. The molecule has 1 fully saturated rings. The van der Waals surface area contributed by atoms with E-state index in [9.17, 15) is 14.4 Å². The van der Waals surface area contributed by atoms with Crippen molar-refractivity contribution in [2.45, 2.75) is 25.8 Å². The second-order valence-corrected chi connectivity index (χ2v) is 3.09. The van der Waals surface area contributed by atoms with Crippen molar-refractivity contribution in [1.82, 2.24) is 10.2 Å². The summed E-state index contributed by atoms with van der Waals surface area (Å²) in [6.07, 6.45) is 0.309. The van der Waals surface area contributed by atoms with Gasteiger partial charge in [0.25, 0.3) is 5.91 Å². The topological polar surface area (TPSA) is 86.7 Å². The molecule has 1 rings (SSSR count). The molecular weight excluding hydrogens is 188 g/mol. The summed E-state index contributed by atoms with van der Waals surface area (Å²) in [7, 11) is 0. The molecule has 0 aromatic carbocycles. The number of carboxylic acids is 1. The molecule has 1 saturated heterocycles. The summed E-state index contributed by atoms with van der Waals surface area (Å²) in [4.78, 5) is 34.0. The van der Waals surface area contributed by atoms with Crippen LogP contribution >= 0.6 is 0 Å². The van der Waals surface area contributed by atoms with Gasteiger partial charge in [0.2, 0.25) is 0 Å². The van der Waals surface area contributed by atoms with E-state index >= 15 is 0 Å². The summed E-state index contributed by atoms with van der Waals surface area (Å²) >= 11 is 0. The molecule has 78 valence electrons. The van der Waals surface area contributed by atoms with Crippen LogP contribution in [0.25, 0.3) is 0 Å². The fourth-order valence-electron chi connectivity index (χ4n) is 1.33. The molecule has 3 amide bonds. The summed E-state index contributed by atoms with van der Waals surface area (Å²) in [6.45, 7) is 2.17. The fourth-order valence-corrected chi connectivity index (χ4v) is 1.33. The SMILES string of the molecule is CCCN1C(=O)N[C@@H](CC(=O)O)C1=O. The van der Waals surface area contributed by atoms with Gasteiger partial charge in [-0.1, -0.05) is 6.92 Å². The molecule has 6 heteroatoms. The molecule has 0 saturated carbocycles. The summed E-state index contributed by atoms with van der Waals surface area (Å²) in [5, 5.41) is 10.8. The van der Waals surface area contributed by atoms with Gasteiger partial charge in [0.15, 0.2) is 0 Å². The van der Waals surface area contributed by atoms with E-state index in [0.29, 0.717) is 13.0 Å². The highest BCUT2D eigenvalue weighted by molar-refractivity contribution is 6.05. The Morgan fingerprint density at radius 3 is 2.71 bits per heavy atom. The van der Waals surface area contributed by atoms with Crippen LogP contribution < -0.4 is 5.32 Å². The Morgan fingerprint density at radius 2 is 2.21 bits per heavy atom. The van der Waals surface area contributed by atoms with Crippen molar-refractivity contribution in [1.29, 1.82) is 0 Å². The summed E-state index contributed by atoms with van der Waals surface area (Å²) < 4.78 is 0. The van der Waals surface area contributed by atoms with Gasteiger partial charge in [-0.15, -0.1) is 0 Å². The quantitative estimate of drug-likeness (QED) is 0.615. The maximum Gasteiger partial charge on any atom is 0.324 e. The van der Waals surface area contributed by atoms with Crippen molar-refractivity contribution in [2.24, 2.45) is 0 Å². The van der Waals surface area contributed by atoms with Gasteiger partial charge >= 0.3 is 12.0 Å². The van der Waals surface area contributed by atoms with E-state index in [1.807, 2.05) is 6.92 Å². The van der Waals surface area contributed by atoms with Gasteiger partial charge < -0.3 is 10.4 Å². The normalized spacial score (nSPS) is 21.2. The van der Waals surface area contributed by atoms with Crippen LogP contribution in [0.1, 0.15) is 19.8 Å². The van der Waals surface area contributed by atoms with Crippen LogP contribution in [0.3, 0.4) is 0 Å². The summed E-state index contributed by atoms with van der Waals surface area (Å²) in [6, 6.07) is -1.39. The lowest BCUT2D eigenvalue weighted by Crippen LogP contribution is -2.33. The lowest BCUT2D eigenvalue weighted by molar-refractivity contribution is -0.140. The molecule has 0 radical (unpaired) electrons. The van der Waals surface area contributed by atoms with Gasteiger partial charge in [0.1, 0.15) is 6.04 Å². The molecular formula is C8H12N2O4. The molecule has 0 unspecified atom stereocenters. The lowest BCUT2D eigenvalue weighted by Gasteiger charge is -2.10. The zero-order chi connectivity index (χ0) is 10.7. The molecule has 2 N–H and O–H groups in total. The van der Waals surface area contributed by atoms with Crippen LogP contribution in [-0.4, -0.2) is 40.5 Å². The molecule has 0 bridgehead atoms. The number of imide groups is 1. The first-order chi connectivity index (χ1) is 6.56. The van der Waals surface area contributed by atoms with Crippen molar-refractivity contribution < 1.29 is 19.5 Å². The van der Waals surface area contributed by atoms with Gasteiger partial charge in [0, 0.05) is 6.54 Å². The molecule has 6 nitrogen and oxygen atoms in total. The van der Waals surface area contributed by atoms with E-state index in [4.69, 9.17) is 5.11 Å². The van der Waals surface area contributed by atoms with Gasteiger partial charge in [-0.25, -0.2) is 4.79 Å². The Labute approximate surface area is 80.9 Å². The number of nitrogens with zero attached hydrogens (tertiary/aromatic N) is 1. The molecule has 1 atom stereocenters. The molecule has 1 aliphatic heterocycles. The van der Waals surface area contributed by atoms with E-state index in [2.05, 4.69) is 5.32 Å². The highest BCUT2D eigenvalue weighted by Gasteiger charge is 2.38. The molecule has 0 spiro atoms. The Hall–Kier alpha value is -1.59.